The molecule has 0 saturated heterocycles. The minimum Gasteiger partial charge on any atom is -0.393 e. The van der Waals surface area contributed by atoms with Crippen LogP contribution in [-0.2, 0) is 6.54 Å². The van der Waals surface area contributed by atoms with Crippen molar-refractivity contribution in [2.45, 2.75) is 38.8 Å². The summed E-state index contributed by atoms with van der Waals surface area (Å²) in [4.78, 5) is 4.00. The van der Waals surface area contributed by atoms with E-state index in [1.165, 1.54) is 0 Å². The van der Waals surface area contributed by atoms with E-state index in [0.717, 1.165) is 37.9 Å². The van der Waals surface area contributed by atoms with Gasteiger partial charge < -0.3 is 10.4 Å². The third kappa shape index (κ3) is 4.92. The smallest absolute Gasteiger partial charge is 0.133 e. The van der Waals surface area contributed by atoms with Crippen molar-refractivity contribution >= 4 is 11.6 Å². The van der Waals surface area contributed by atoms with Crippen LogP contribution in [0.4, 0.5) is 0 Å². The summed E-state index contributed by atoms with van der Waals surface area (Å²) in [5, 5.41) is 13.2. The maximum absolute atomic E-state index is 9.36. The first-order valence-electron chi connectivity index (χ1n) is 5.72. The fraction of sp³-hybridized carbons (Fsp3) is 0.583. The predicted molar refractivity (Wildman–Crippen MR) is 66.5 cm³/mol. The van der Waals surface area contributed by atoms with Crippen molar-refractivity contribution in [2.24, 2.45) is 0 Å². The number of hydrogen-bond acceptors (Lipinski definition) is 3. The van der Waals surface area contributed by atoms with Gasteiger partial charge in [-0.3, -0.25) is 0 Å². The normalized spacial score (nSPS) is 12.7. The van der Waals surface area contributed by atoms with Crippen molar-refractivity contribution in [3.8, 4) is 0 Å². The van der Waals surface area contributed by atoms with E-state index in [9.17, 15) is 5.11 Å². The standard InChI is InChI=1S/C12H19ClN2O/c1-2-11(16)6-4-7-14-9-10-5-3-8-15-12(10)13/h3,5,8,11,14,16H,2,4,6-7,9H2,1H3. The minimum atomic E-state index is -0.163. The van der Waals surface area contributed by atoms with Crippen molar-refractivity contribution < 1.29 is 5.11 Å². The predicted octanol–water partition coefficient (Wildman–Crippen LogP) is 2.38. The minimum absolute atomic E-state index is 0.163. The number of nitrogens with one attached hydrogen (secondary N) is 1. The lowest BCUT2D eigenvalue weighted by Gasteiger charge is -2.08. The van der Waals surface area contributed by atoms with Gasteiger partial charge in [-0.1, -0.05) is 24.6 Å². The molecule has 0 aliphatic rings. The Morgan fingerprint density at radius 2 is 2.38 bits per heavy atom. The molecule has 2 N–H and O–H groups in total. The lowest BCUT2D eigenvalue weighted by atomic mass is 10.1. The molecule has 0 aliphatic carbocycles. The van der Waals surface area contributed by atoms with Crippen LogP contribution in [0.3, 0.4) is 0 Å². The van der Waals surface area contributed by atoms with Gasteiger partial charge >= 0.3 is 0 Å². The molecule has 1 atom stereocenters. The number of pyridine rings is 1. The molecule has 3 nitrogen and oxygen atoms in total. The van der Waals surface area contributed by atoms with Gasteiger partial charge in [-0.2, -0.15) is 0 Å². The van der Waals surface area contributed by atoms with E-state index in [-0.39, 0.29) is 6.10 Å². The number of aliphatic hydroxyl groups is 1. The zero-order valence-electron chi connectivity index (χ0n) is 9.62. The first kappa shape index (κ1) is 13.4. The highest BCUT2D eigenvalue weighted by Crippen LogP contribution is 2.10. The van der Waals surface area contributed by atoms with Gasteiger partial charge in [0.05, 0.1) is 6.10 Å². The average Bonchev–Trinajstić information content (AvgIpc) is 2.30. The second kappa shape index (κ2) is 7.60. The van der Waals surface area contributed by atoms with E-state index in [0.29, 0.717) is 5.15 Å². The van der Waals surface area contributed by atoms with Crippen molar-refractivity contribution in [3.63, 3.8) is 0 Å². The SMILES string of the molecule is CCC(O)CCCNCc1cccnc1Cl. The molecule has 0 aliphatic heterocycles. The Kier molecular flexibility index (Phi) is 6.38. The molecule has 0 fully saturated rings. The van der Waals surface area contributed by atoms with E-state index in [1.807, 2.05) is 19.1 Å². The van der Waals surface area contributed by atoms with Crippen LogP contribution in [0.1, 0.15) is 31.7 Å². The van der Waals surface area contributed by atoms with Crippen molar-refractivity contribution in [3.05, 3.63) is 29.0 Å². The second-order valence-corrected chi connectivity index (χ2v) is 4.19. The second-order valence-electron chi connectivity index (χ2n) is 3.83. The maximum atomic E-state index is 9.36. The molecular formula is C12H19ClN2O. The number of halogens is 1. The summed E-state index contributed by atoms with van der Waals surface area (Å²) in [5.41, 5.74) is 1.01. The van der Waals surface area contributed by atoms with Crippen LogP contribution in [0.15, 0.2) is 18.3 Å². The van der Waals surface area contributed by atoms with Gasteiger partial charge in [0.15, 0.2) is 0 Å². The fourth-order valence-electron chi connectivity index (χ4n) is 1.44. The van der Waals surface area contributed by atoms with E-state index < -0.39 is 0 Å². The van der Waals surface area contributed by atoms with Gasteiger partial charge in [0, 0.05) is 18.3 Å². The molecule has 0 aromatic carbocycles. The first-order valence-corrected chi connectivity index (χ1v) is 6.10. The van der Waals surface area contributed by atoms with Crippen LogP contribution < -0.4 is 5.32 Å². The Bertz CT molecular complexity index is 307. The summed E-state index contributed by atoms with van der Waals surface area (Å²) in [6, 6.07) is 3.84. The molecule has 1 rings (SSSR count). The molecule has 0 spiro atoms. The van der Waals surface area contributed by atoms with Crippen molar-refractivity contribution in [2.75, 3.05) is 6.54 Å². The molecule has 1 aromatic rings. The summed E-state index contributed by atoms with van der Waals surface area (Å²) in [6.45, 7) is 3.62. The van der Waals surface area contributed by atoms with Gasteiger partial charge in [-0.15, -0.1) is 0 Å². The monoisotopic (exact) mass is 242 g/mol. The van der Waals surface area contributed by atoms with Crippen LogP contribution in [-0.4, -0.2) is 22.7 Å². The molecule has 16 heavy (non-hydrogen) atoms. The Morgan fingerprint density at radius 3 is 3.06 bits per heavy atom. The number of aliphatic hydroxyl groups excluding tert-OH is 1. The van der Waals surface area contributed by atoms with Crippen LogP contribution in [0, 0.1) is 0 Å². The average molecular weight is 243 g/mol. The summed E-state index contributed by atoms with van der Waals surface area (Å²) in [5.74, 6) is 0. The molecule has 1 unspecified atom stereocenters. The summed E-state index contributed by atoms with van der Waals surface area (Å²) in [7, 11) is 0. The van der Waals surface area contributed by atoms with Crippen LogP contribution in [0.2, 0.25) is 5.15 Å². The van der Waals surface area contributed by atoms with Gasteiger partial charge in [0.25, 0.3) is 0 Å². The molecule has 90 valence electrons. The van der Waals surface area contributed by atoms with E-state index in [2.05, 4.69) is 10.3 Å². The number of rotatable bonds is 7. The summed E-state index contributed by atoms with van der Waals surface area (Å²) in [6.07, 6.45) is 4.18. The zero-order chi connectivity index (χ0) is 11.8. The topological polar surface area (TPSA) is 45.1 Å². The molecule has 1 aromatic heterocycles. The number of nitrogens with zero attached hydrogens (tertiary/aromatic N) is 1. The lowest BCUT2D eigenvalue weighted by molar-refractivity contribution is 0.157. The summed E-state index contributed by atoms with van der Waals surface area (Å²) >= 11 is 5.92. The molecule has 1 heterocycles. The third-order valence-corrected chi connectivity index (χ3v) is 2.85. The van der Waals surface area contributed by atoms with E-state index >= 15 is 0 Å². The van der Waals surface area contributed by atoms with Gasteiger partial charge in [0.1, 0.15) is 5.15 Å². The zero-order valence-corrected chi connectivity index (χ0v) is 10.4. The fourth-order valence-corrected chi connectivity index (χ4v) is 1.63. The molecule has 0 saturated carbocycles. The Hall–Kier alpha value is -0.640. The highest BCUT2D eigenvalue weighted by molar-refractivity contribution is 6.30. The first-order chi connectivity index (χ1) is 7.74. The van der Waals surface area contributed by atoms with Gasteiger partial charge in [-0.25, -0.2) is 4.98 Å². The summed E-state index contributed by atoms with van der Waals surface area (Å²) < 4.78 is 0. The van der Waals surface area contributed by atoms with Crippen molar-refractivity contribution in [1.29, 1.82) is 0 Å². The third-order valence-electron chi connectivity index (χ3n) is 2.51. The highest BCUT2D eigenvalue weighted by Gasteiger charge is 2.01. The van der Waals surface area contributed by atoms with Gasteiger partial charge in [-0.05, 0) is 31.9 Å². The molecule has 0 bridgehead atoms. The molecular weight excluding hydrogens is 224 g/mol. The maximum Gasteiger partial charge on any atom is 0.133 e. The Labute approximate surface area is 102 Å². The highest BCUT2D eigenvalue weighted by atomic mass is 35.5. The quantitative estimate of drug-likeness (QED) is 0.570. The van der Waals surface area contributed by atoms with E-state index in [4.69, 9.17) is 11.6 Å². The molecule has 4 heteroatoms. The van der Waals surface area contributed by atoms with Crippen molar-refractivity contribution in [1.82, 2.24) is 10.3 Å². The lowest BCUT2D eigenvalue weighted by Crippen LogP contribution is -2.17. The Balaban J connectivity index is 2.14. The van der Waals surface area contributed by atoms with Crippen LogP contribution in [0.25, 0.3) is 0 Å². The van der Waals surface area contributed by atoms with E-state index in [1.54, 1.807) is 6.20 Å². The number of hydrogen-bond donors (Lipinski definition) is 2. The Morgan fingerprint density at radius 1 is 1.56 bits per heavy atom. The number of aromatic nitrogens is 1. The van der Waals surface area contributed by atoms with Gasteiger partial charge in [0.2, 0.25) is 0 Å². The molecule has 0 radical (unpaired) electrons. The molecule has 0 amide bonds. The van der Waals surface area contributed by atoms with Crippen LogP contribution >= 0.6 is 11.6 Å². The van der Waals surface area contributed by atoms with Crippen LogP contribution in [0.5, 0.6) is 0 Å². The largest absolute Gasteiger partial charge is 0.393 e.